The molecule has 0 spiro atoms. The van der Waals surface area contributed by atoms with Gasteiger partial charge in [-0.15, -0.1) is 11.3 Å². The van der Waals surface area contributed by atoms with Crippen molar-refractivity contribution in [2.45, 2.75) is 31.2 Å². The van der Waals surface area contributed by atoms with Gasteiger partial charge < -0.3 is 5.32 Å². The molecule has 0 aromatic carbocycles. The Morgan fingerprint density at radius 3 is 2.59 bits per heavy atom. The molecule has 0 aliphatic heterocycles. The van der Waals surface area contributed by atoms with Crippen LogP contribution in [0.15, 0.2) is 6.07 Å². The summed E-state index contributed by atoms with van der Waals surface area (Å²) in [6.07, 6.45) is 4.34. The molecule has 6 heteroatoms. The third-order valence-electron chi connectivity index (χ3n) is 3.10. The summed E-state index contributed by atoms with van der Waals surface area (Å²) in [6, 6.07) is 1.63. The van der Waals surface area contributed by atoms with Crippen LogP contribution >= 0.6 is 50.5 Å². The maximum absolute atomic E-state index is 12.1. The molecule has 0 bridgehead atoms. The van der Waals surface area contributed by atoms with Crippen molar-refractivity contribution in [3.05, 3.63) is 20.3 Å². The number of alkyl halides is 1. The lowest BCUT2D eigenvalue weighted by atomic mass is 10.0. The van der Waals surface area contributed by atoms with Crippen molar-refractivity contribution in [1.82, 2.24) is 5.32 Å². The van der Waals surface area contributed by atoms with Gasteiger partial charge in [0.1, 0.15) is 4.34 Å². The van der Waals surface area contributed by atoms with E-state index in [1.807, 2.05) is 0 Å². The Balaban J connectivity index is 2.13. The molecule has 1 aliphatic rings. The van der Waals surface area contributed by atoms with Crippen molar-refractivity contribution < 1.29 is 4.79 Å². The van der Waals surface area contributed by atoms with Gasteiger partial charge >= 0.3 is 0 Å². The highest BCUT2D eigenvalue weighted by Gasteiger charge is 2.35. The van der Waals surface area contributed by atoms with Crippen LogP contribution in [0.4, 0.5) is 0 Å². The number of rotatable bonds is 3. The molecule has 1 aromatic rings. The molecule has 1 aliphatic carbocycles. The predicted octanol–water partition coefficient (Wildman–Crippen LogP) is 4.49. The van der Waals surface area contributed by atoms with Gasteiger partial charge in [-0.2, -0.15) is 0 Å². The monoisotopic (exact) mass is 355 g/mol. The molecule has 0 unspecified atom stereocenters. The Hall–Kier alpha value is 0.230. The SMILES string of the molecule is O=C(NC1(CBr)CCCC1)c1cc(Cl)sc1Cl. The van der Waals surface area contributed by atoms with E-state index in [-0.39, 0.29) is 11.4 Å². The fourth-order valence-electron chi connectivity index (χ4n) is 2.15. The molecule has 0 saturated heterocycles. The smallest absolute Gasteiger partial charge is 0.254 e. The minimum atomic E-state index is -0.125. The normalized spacial score (nSPS) is 18.3. The first kappa shape index (κ1) is 13.7. The zero-order valence-electron chi connectivity index (χ0n) is 9.06. The zero-order chi connectivity index (χ0) is 12.5. The minimum absolute atomic E-state index is 0.116. The average molecular weight is 357 g/mol. The molecule has 1 saturated carbocycles. The first-order chi connectivity index (χ1) is 8.06. The van der Waals surface area contributed by atoms with Crippen molar-refractivity contribution in [3.63, 3.8) is 0 Å². The third kappa shape index (κ3) is 2.98. The van der Waals surface area contributed by atoms with Crippen LogP contribution in [-0.4, -0.2) is 16.8 Å². The summed E-state index contributed by atoms with van der Waals surface area (Å²) in [4.78, 5) is 12.1. The molecule has 1 N–H and O–H groups in total. The lowest BCUT2D eigenvalue weighted by Crippen LogP contribution is -2.47. The van der Waals surface area contributed by atoms with Gasteiger partial charge in [0.15, 0.2) is 0 Å². The zero-order valence-corrected chi connectivity index (χ0v) is 13.0. The van der Waals surface area contributed by atoms with Gasteiger partial charge in [-0.25, -0.2) is 0 Å². The summed E-state index contributed by atoms with van der Waals surface area (Å²) in [5.74, 6) is -0.125. The van der Waals surface area contributed by atoms with Crippen molar-refractivity contribution >= 4 is 56.4 Å². The number of hydrogen-bond donors (Lipinski definition) is 1. The molecule has 94 valence electrons. The molecular weight excluding hydrogens is 345 g/mol. The largest absolute Gasteiger partial charge is 0.346 e. The molecule has 1 aromatic heterocycles. The third-order valence-corrected chi connectivity index (χ3v) is 5.66. The predicted molar refractivity (Wildman–Crippen MR) is 76.8 cm³/mol. The Kier molecular flexibility index (Phi) is 4.40. The highest BCUT2D eigenvalue weighted by molar-refractivity contribution is 9.09. The van der Waals surface area contributed by atoms with E-state index in [9.17, 15) is 4.79 Å². The highest BCUT2D eigenvalue weighted by Crippen LogP contribution is 2.34. The van der Waals surface area contributed by atoms with Crippen LogP contribution in [-0.2, 0) is 0 Å². The number of thiophene rings is 1. The fraction of sp³-hybridized carbons (Fsp3) is 0.545. The van der Waals surface area contributed by atoms with Gasteiger partial charge in [-0.3, -0.25) is 4.79 Å². The van der Waals surface area contributed by atoms with Crippen molar-refractivity contribution in [1.29, 1.82) is 0 Å². The van der Waals surface area contributed by atoms with Crippen molar-refractivity contribution in [2.24, 2.45) is 0 Å². The summed E-state index contributed by atoms with van der Waals surface area (Å²) in [6.45, 7) is 0. The lowest BCUT2D eigenvalue weighted by Gasteiger charge is -2.27. The molecule has 1 heterocycles. The Morgan fingerprint density at radius 1 is 1.47 bits per heavy atom. The van der Waals surface area contributed by atoms with E-state index < -0.39 is 0 Å². The Labute approximate surface area is 123 Å². The highest BCUT2D eigenvalue weighted by atomic mass is 79.9. The molecule has 1 amide bonds. The van der Waals surface area contributed by atoms with Crippen LogP contribution in [0.25, 0.3) is 0 Å². The Morgan fingerprint density at radius 2 is 2.12 bits per heavy atom. The van der Waals surface area contributed by atoms with Crippen molar-refractivity contribution in [3.8, 4) is 0 Å². The van der Waals surface area contributed by atoms with E-state index in [1.54, 1.807) is 6.07 Å². The number of carbonyl (C=O) groups is 1. The molecular formula is C11H12BrCl2NOS. The van der Waals surface area contributed by atoms with Gasteiger partial charge in [0.05, 0.1) is 15.4 Å². The van der Waals surface area contributed by atoms with E-state index in [1.165, 1.54) is 11.3 Å². The van der Waals surface area contributed by atoms with Crippen molar-refractivity contribution in [2.75, 3.05) is 5.33 Å². The van der Waals surface area contributed by atoms with Crippen LogP contribution < -0.4 is 5.32 Å². The van der Waals surface area contributed by atoms with Crippen LogP contribution in [0.2, 0.25) is 8.67 Å². The molecule has 2 nitrogen and oxygen atoms in total. The maximum atomic E-state index is 12.1. The van der Waals surface area contributed by atoms with E-state index in [2.05, 4.69) is 21.2 Å². The first-order valence-corrected chi connectivity index (χ1v) is 8.09. The topological polar surface area (TPSA) is 29.1 Å². The van der Waals surface area contributed by atoms with E-state index >= 15 is 0 Å². The number of amides is 1. The first-order valence-electron chi connectivity index (χ1n) is 5.40. The summed E-state index contributed by atoms with van der Waals surface area (Å²) in [5.41, 5.74) is 0.364. The quantitative estimate of drug-likeness (QED) is 0.794. The van der Waals surface area contributed by atoms with Gasteiger partial charge in [0, 0.05) is 5.33 Å². The number of carbonyl (C=O) groups excluding carboxylic acids is 1. The van der Waals surface area contributed by atoms with Gasteiger partial charge in [0.25, 0.3) is 5.91 Å². The molecule has 0 atom stereocenters. The Bertz CT molecular complexity index is 429. The molecule has 1 fully saturated rings. The van der Waals surface area contributed by atoms with Crippen LogP contribution in [0.1, 0.15) is 36.0 Å². The van der Waals surface area contributed by atoms with Crippen LogP contribution in [0, 0.1) is 0 Å². The standard InChI is InChI=1S/C11H12BrCl2NOS/c12-6-11(3-1-2-4-11)15-10(16)7-5-8(13)17-9(7)14/h5H,1-4,6H2,(H,15,16). The number of hydrogen-bond acceptors (Lipinski definition) is 2. The number of halogens is 3. The maximum Gasteiger partial charge on any atom is 0.254 e. The summed E-state index contributed by atoms with van der Waals surface area (Å²) >= 11 is 16.5. The van der Waals surface area contributed by atoms with Gasteiger partial charge in [-0.1, -0.05) is 52.0 Å². The second kappa shape index (κ2) is 5.47. The second-order valence-corrected chi connectivity index (χ2v) is 7.16. The molecule has 0 radical (unpaired) electrons. The summed E-state index contributed by atoms with van der Waals surface area (Å²) < 4.78 is 0.995. The average Bonchev–Trinajstić information content (AvgIpc) is 2.86. The summed E-state index contributed by atoms with van der Waals surface area (Å²) in [5, 5.41) is 3.87. The van der Waals surface area contributed by atoms with Gasteiger partial charge in [-0.05, 0) is 18.9 Å². The fourth-order valence-corrected chi connectivity index (χ4v) is 4.31. The molecule has 2 rings (SSSR count). The van der Waals surface area contributed by atoms with E-state index in [0.717, 1.165) is 31.0 Å². The van der Waals surface area contributed by atoms with E-state index in [0.29, 0.717) is 14.2 Å². The van der Waals surface area contributed by atoms with E-state index in [4.69, 9.17) is 23.2 Å². The number of nitrogens with one attached hydrogen (secondary N) is 1. The van der Waals surface area contributed by atoms with Crippen LogP contribution in [0.3, 0.4) is 0 Å². The second-order valence-electron chi connectivity index (χ2n) is 4.31. The van der Waals surface area contributed by atoms with Crippen LogP contribution in [0.5, 0.6) is 0 Å². The summed E-state index contributed by atoms with van der Waals surface area (Å²) in [7, 11) is 0. The lowest BCUT2D eigenvalue weighted by molar-refractivity contribution is 0.0911. The molecule has 17 heavy (non-hydrogen) atoms. The van der Waals surface area contributed by atoms with Gasteiger partial charge in [0.2, 0.25) is 0 Å². The minimum Gasteiger partial charge on any atom is -0.346 e.